The first-order valence-electron chi connectivity index (χ1n) is 8.63. The highest BCUT2D eigenvalue weighted by atomic mass is 16.1. The van der Waals surface area contributed by atoms with Crippen LogP contribution in [-0.4, -0.2) is 16.3 Å². The van der Waals surface area contributed by atoms with E-state index in [1.165, 1.54) is 13.0 Å². The average molecular weight is 357 g/mol. The van der Waals surface area contributed by atoms with Gasteiger partial charge in [-0.25, -0.2) is 0 Å². The van der Waals surface area contributed by atoms with Crippen molar-refractivity contribution >= 4 is 34.4 Å². The zero-order valence-electron chi connectivity index (χ0n) is 15.0. The summed E-state index contributed by atoms with van der Waals surface area (Å²) in [6.07, 6.45) is 5.63. The lowest BCUT2D eigenvalue weighted by Gasteiger charge is -2.02. The molecule has 3 aromatic rings. The molecular formula is C22H19N3O2. The van der Waals surface area contributed by atoms with Crippen molar-refractivity contribution in [2.45, 2.75) is 19.9 Å². The van der Waals surface area contributed by atoms with Gasteiger partial charge >= 0.3 is 0 Å². The van der Waals surface area contributed by atoms with Crippen molar-refractivity contribution in [1.82, 2.24) is 4.57 Å². The predicted octanol–water partition coefficient (Wildman–Crippen LogP) is 4.41. The standard InChI is InChI=1S/C22H19N3O2/c1-16(26)17-7-10-19(11-8-17)24-22(27)12-9-18-15-25(14-4-13-23)21-6-3-2-5-20(18)21/h2-3,5-12,15H,4,14H2,1H3,(H,24,27)/b12-9+. The van der Waals surface area contributed by atoms with Crippen LogP contribution in [-0.2, 0) is 11.3 Å². The van der Waals surface area contributed by atoms with Gasteiger partial charge in [0.15, 0.2) is 5.78 Å². The lowest BCUT2D eigenvalue weighted by atomic mass is 10.1. The van der Waals surface area contributed by atoms with Gasteiger partial charge in [0.2, 0.25) is 5.91 Å². The van der Waals surface area contributed by atoms with Crippen molar-refractivity contribution in [3.05, 3.63) is 71.9 Å². The van der Waals surface area contributed by atoms with E-state index in [0.717, 1.165) is 16.5 Å². The molecule has 0 radical (unpaired) electrons. The third kappa shape index (κ3) is 4.31. The molecule has 0 unspecified atom stereocenters. The lowest BCUT2D eigenvalue weighted by Crippen LogP contribution is -2.07. The molecule has 1 amide bonds. The van der Waals surface area contributed by atoms with E-state index in [2.05, 4.69) is 11.4 Å². The van der Waals surface area contributed by atoms with E-state index in [-0.39, 0.29) is 11.7 Å². The Balaban J connectivity index is 1.76. The second-order valence-electron chi connectivity index (χ2n) is 6.16. The summed E-state index contributed by atoms with van der Waals surface area (Å²) < 4.78 is 2.02. The molecule has 5 heteroatoms. The molecule has 0 saturated carbocycles. The quantitative estimate of drug-likeness (QED) is 0.524. The van der Waals surface area contributed by atoms with E-state index in [1.54, 1.807) is 30.3 Å². The van der Waals surface area contributed by atoms with Crippen LogP contribution in [0.5, 0.6) is 0 Å². The zero-order chi connectivity index (χ0) is 19.2. The minimum Gasteiger partial charge on any atom is -0.346 e. The molecule has 0 atom stereocenters. The Labute approximate surface area is 157 Å². The number of nitriles is 1. The number of anilines is 1. The topological polar surface area (TPSA) is 74.9 Å². The second-order valence-corrected chi connectivity index (χ2v) is 6.16. The Morgan fingerprint density at radius 1 is 1.15 bits per heavy atom. The van der Waals surface area contributed by atoms with E-state index in [0.29, 0.717) is 24.2 Å². The number of amides is 1. The Kier molecular flexibility index (Phi) is 5.48. The number of carbonyl (C=O) groups is 2. The molecule has 0 saturated heterocycles. The zero-order valence-corrected chi connectivity index (χ0v) is 15.0. The van der Waals surface area contributed by atoms with Crippen molar-refractivity contribution in [3.8, 4) is 6.07 Å². The van der Waals surface area contributed by atoms with Gasteiger partial charge in [0.1, 0.15) is 0 Å². The molecule has 0 aliphatic rings. The number of para-hydroxylation sites is 1. The molecule has 0 spiro atoms. The first-order chi connectivity index (χ1) is 13.1. The number of hydrogen-bond acceptors (Lipinski definition) is 3. The fraction of sp³-hybridized carbons (Fsp3) is 0.136. The summed E-state index contributed by atoms with van der Waals surface area (Å²) in [7, 11) is 0. The molecule has 0 aliphatic heterocycles. The van der Waals surface area contributed by atoms with Gasteiger partial charge < -0.3 is 9.88 Å². The van der Waals surface area contributed by atoms with Crippen molar-refractivity contribution < 1.29 is 9.59 Å². The van der Waals surface area contributed by atoms with Gasteiger partial charge in [-0.05, 0) is 43.3 Å². The molecule has 1 aromatic heterocycles. The van der Waals surface area contributed by atoms with Crippen molar-refractivity contribution in [2.75, 3.05) is 5.32 Å². The van der Waals surface area contributed by atoms with E-state index in [1.807, 2.05) is 35.0 Å². The maximum absolute atomic E-state index is 12.2. The highest BCUT2D eigenvalue weighted by Crippen LogP contribution is 2.23. The van der Waals surface area contributed by atoms with Crippen LogP contribution in [0.4, 0.5) is 5.69 Å². The molecule has 0 fully saturated rings. The normalized spacial score (nSPS) is 10.8. The van der Waals surface area contributed by atoms with Gasteiger partial charge in [-0.3, -0.25) is 9.59 Å². The third-order valence-electron chi connectivity index (χ3n) is 4.26. The van der Waals surface area contributed by atoms with Crippen molar-refractivity contribution in [1.29, 1.82) is 5.26 Å². The van der Waals surface area contributed by atoms with Crippen LogP contribution in [0.3, 0.4) is 0 Å². The first-order valence-corrected chi connectivity index (χ1v) is 8.63. The number of rotatable bonds is 6. The number of aryl methyl sites for hydroxylation is 1. The third-order valence-corrected chi connectivity index (χ3v) is 4.26. The molecule has 2 aromatic carbocycles. The van der Waals surface area contributed by atoms with Crippen molar-refractivity contribution in [3.63, 3.8) is 0 Å². The summed E-state index contributed by atoms with van der Waals surface area (Å²) in [5.74, 6) is -0.264. The Morgan fingerprint density at radius 2 is 1.89 bits per heavy atom. The molecule has 5 nitrogen and oxygen atoms in total. The molecular weight excluding hydrogens is 338 g/mol. The van der Waals surface area contributed by atoms with Crippen LogP contribution < -0.4 is 5.32 Å². The second kappa shape index (κ2) is 8.15. The summed E-state index contributed by atoms with van der Waals surface area (Å²) in [6, 6.07) is 16.8. The van der Waals surface area contributed by atoms with E-state index in [4.69, 9.17) is 5.26 Å². The van der Waals surface area contributed by atoms with Crippen molar-refractivity contribution in [2.24, 2.45) is 0 Å². The van der Waals surface area contributed by atoms with Gasteiger partial charge in [-0.1, -0.05) is 18.2 Å². The van der Waals surface area contributed by atoms with Crippen LogP contribution in [0.1, 0.15) is 29.3 Å². The maximum Gasteiger partial charge on any atom is 0.248 e. The maximum atomic E-state index is 12.2. The molecule has 1 N–H and O–H groups in total. The highest BCUT2D eigenvalue weighted by molar-refractivity contribution is 6.04. The smallest absolute Gasteiger partial charge is 0.248 e. The van der Waals surface area contributed by atoms with Gasteiger partial charge in [0.25, 0.3) is 0 Å². The summed E-state index contributed by atoms with van der Waals surface area (Å²) >= 11 is 0. The van der Waals surface area contributed by atoms with Crippen LogP contribution in [0.15, 0.2) is 60.8 Å². The average Bonchev–Trinajstić information content (AvgIpc) is 3.03. The number of nitrogens with one attached hydrogen (secondary N) is 1. The number of fused-ring (bicyclic) bond motifs is 1. The summed E-state index contributed by atoms with van der Waals surface area (Å²) in [6.45, 7) is 2.11. The molecule has 3 rings (SSSR count). The number of hydrogen-bond donors (Lipinski definition) is 1. The Morgan fingerprint density at radius 3 is 2.59 bits per heavy atom. The van der Waals surface area contributed by atoms with Crippen LogP contribution >= 0.6 is 0 Å². The van der Waals surface area contributed by atoms with Gasteiger partial charge in [0.05, 0.1) is 12.5 Å². The first kappa shape index (κ1) is 18.2. The molecule has 1 heterocycles. The number of aromatic nitrogens is 1. The minimum absolute atomic E-state index is 0.0134. The lowest BCUT2D eigenvalue weighted by molar-refractivity contribution is -0.111. The number of carbonyl (C=O) groups excluding carboxylic acids is 2. The number of ketones is 1. The summed E-state index contributed by atoms with van der Waals surface area (Å²) in [4.78, 5) is 23.5. The summed E-state index contributed by atoms with van der Waals surface area (Å²) in [5.41, 5.74) is 3.19. The SMILES string of the molecule is CC(=O)c1ccc(NC(=O)/C=C/c2cn(CCC#N)c3ccccc23)cc1. The number of benzene rings is 2. The molecule has 0 aliphatic carbocycles. The fourth-order valence-corrected chi connectivity index (χ4v) is 2.90. The number of nitrogens with zero attached hydrogens (tertiary/aromatic N) is 2. The predicted molar refractivity (Wildman–Crippen MR) is 106 cm³/mol. The Bertz CT molecular complexity index is 1050. The highest BCUT2D eigenvalue weighted by Gasteiger charge is 2.06. The van der Waals surface area contributed by atoms with E-state index in [9.17, 15) is 9.59 Å². The van der Waals surface area contributed by atoms with Gasteiger partial charge in [0, 0.05) is 46.5 Å². The Hall–Kier alpha value is -3.65. The van der Waals surface area contributed by atoms with Gasteiger partial charge in [-0.2, -0.15) is 5.26 Å². The minimum atomic E-state index is -0.251. The van der Waals surface area contributed by atoms with Gasteiger partial charge in [-0.15, -0.1) is 0 Å². The van der Waals surface area contributed by atoms with Crippen LogP contribution in [0, 0.1) is 11.3 Å². The molecule has 27 heavy (non-hydrogen) atoms. The molecule has 0 bridgehead atoms. The fourth-order valence-electron chi connectivity index (χ4n) is 2.90. The monoisotopic (exact) mass is 357 g/mol. The van der Waals surface area contributed by atoms with E-state index < -0.39 is 0 Å². The van der Waals surface area contributed by atoms with Crippen LogP contribution in [0.25, 0.3) is 17.0 Å². The number of Topliss-reactive ketones (excluding diaryl/α,β-unsaturated/α-hetero) is 1. The molecule has 134 valence electrons. The van der Waals surface area contributed by atoms with E-state index >= 15 is 0 Å². The largest absolute Gasteiger partial charge is 0.346 e. The van der Waals surface area contributed by atoms with Crippen LogP contribution in [0.2, 0.25) is 0 Å². The summed E-state index contributed by atoms with van der Waals surface area (Å²) in [5, 5.41) is 12.6.